The summed E-state index contributed by atoms with van der Waals surface area (Å²) < 4.78 is 2.91. The molecular formula is C26H19BN2S2. The zero-order valence-corrected chi connectivity index (χ0v) is 18.5. The van der Waals surface area contributed by atoms with Gasteiger partial charge in [0.25, 0.3) is 6.71 Å². The minimum Gasteiger partial charge on any atom is -0.314 e. The monoisotopic (exact) mass is 434 g/mol. The molecule has 0 amide bonds. The average molecular weight is 434 g/mol. The van der Waals surface area contributed by atoms with Gasteiger partial charge in [0, 0.05) is 32.3 Å². The van der Waals surface area contributed by atoms with Crippen LogP contribution >= 0.6 is 22.7 Å². The number of allylic oxidation sites excluding steroid dienone is 4. The highest BCUT2D eigenvalue weighted by molar-refractivity contribution is 7.35. The summed E-state index contributed by atoms with van der Waals surface area (Å²) in [4.78, 5) is 4.97. The highest BCUT2D eigenvalue weighted by Crippen LogP contribution is 2.44. The topological polar surface area (TPSA) is 6.48 Å². The van der Waals surface area contributed by atoms with E-state index in [9.17, 15) is 0 Å². The van der Waals surface area contributed by atoms with Crippen LogP contribution in [0.1, 0.15) is 12.8 Å². The van der Waals surface area contributed by atoms with Gasteiger partial charge >= 0.3 is 0 Å². The summed E-state index contributed by atoms with van der Waals surface area (Å²) in [6.07, 6.45) is 8.94. The third-order valence-corrected chi connectivity index (χ3v) is 8.42. The Hall–Kier alpha value is -3.02. The SMILES string of the molecule is C1=CCCC(N2c3ccsc3B3c4sccc4N(c4ccccc4)c4cccc2c43)=C1. The van der Waals surface area contributed by atoms with E-state index in [1.54, 1.807) is 0 Å². The molecule has 148 valence electrons. The summed E-state index contributed by atoms with van der Waals surface area (Å²) in [5.41, 5.74) is 9.35. The number of para-hydroxylation sites is 1. The third kappa shape index (κ3) is 2.45. The van der Waals surface area contributed by atoms with Gasteiger partial charge in [0.1, 0.15) is 0 Å². The van der Waals surface area contributed by atoms with Crippen molar-refractivity contribution in [3.63, 3.8) is 0 Å². The largest absolute Gasteiger partial charge is 0.314 e. The van der Waals surface area contributed by atoms with E-state index in [1.807, 2.05) is 22.7 Å². The Balaban J connectivity index is 1.54. The highest BCUT2D eigenvalue weighted by Gasteiger charge is 2.44. The Morgan fingerprint density at radius 1 is 0.710 bits per heavy atom. The fourth-order valence-corrected chi connectivity index (χ4v) is 7.30. The van der Waals surface area contributed by atoms with Crippen LogP contribution in [-0.2, 0) is 0 Å². The van der Waals surface area contributed by atoms with Gasteiger partial charge in [0.15, 0.2) is 0 Å². The summed E-state index contributed by atoms with van der Waals surface area (Å²) in [5, 5.41) is 4.51. The van der Waals surface area contributed by atoms with Crippen LogP contribution in [0.25, 0.3) is 0 Å². The van der Waals surface area contributed by atoms with E-state index in [2.05, 4.69) is 99.5 Å². The van der Waals surface area contributed by atoms with Gasteiger partial charge in [-0.05, 0) is 71.5 Å². The molecule has 0 spiro atoms. The number of anilines is 5. The maximum Gasteiger partial charge on any atom is 0.277 e. The predicted octanol–water partition coefficient (Wildman–Crippen LogP) is 5.79. The van der Waals surface area contributed by atoms with Crippen LogP contribution < -0.4 is 24.8 Å². The summed E-state index contributed by atoms with van der Waals surface area (Å²) in [6.45, 7) is 0.312. The zero-order valence-electron chi connectivity index (χ0n) is 16.9. The molecule has 0 bridgehead atoms. The van der Waals surface area contributed by atoms with Gasteiger partial charge in [-0.25, -0.2) is 0 Å². The second-order valence-corrected chi connectivity index (χ2v) is 10.0. The molecule has 5 heteroatoms. The first-order valence-electron chi connectivity index (χ1n) is 10.7. The summed E-state index contributed by atoms with van der Waals surface area (Å²) in [5.74, 6) is 0. The fourth-order valence-electron chi connectivity index (χ4n) is 5.24. The van der Waals surface area contributed by atoms with E-state index in [0.717, 1.165) is 12.8 Å². The van der Waals surface area contributed by atoms with Crippen molar-refractivity contribution < 1.29 is 0 Å². The van der Waals surface area contributed by atoms with Gasteiger partial charge in [-0.2, -0.15) is 22.7 Å². The highest BCUT2D eigenvalue weighted by atomic mass is 32.1. The molecule has 3 aliphatic rings. The Labute approximate surface area is 190 Å². The molecular weight excluding hydrogens is 415 g/mol. The van der Waals surface area contributed by atoms with Crippen LogP contribution in [0.5, 0.6) is 0 Å². The Morgan fingerprint density at radius 3 is 2.13 bits per heavy atom. The molecule has 0 N–H and O–H groups in total. The summed E-state index contributed by atoms with van der Waals surface area (Å²) in [6, 6.07) is 22.2. The number of hydrogen-bond donors (Lipinski definition) is 0. The van der Waals surface area contributed by atoms with E-state index in [-0.39, 0.29) is 0 Å². The number of rotatable bonds is 2. The van der Waals surface area contributed by atoms with Crippen LogP contribution in [-0.4, -0.2) is 6.71 Å². The first-order valence-corrected chi connectivity index (χ1v) is 12.5. The van der Waals surface area contributed by atoms with Crippen LogP contribution in [0.4, 0.5) is 28.4 Å². The molecule has 4 aromatic rings. The lowest BCUT2D eigenvalue weighted by molar-refractivity contribution is 0.920. The molecule has 2 aliphatic heterocycles. The number of benzene rings is 2. The first kappa shape index (κ1) is 17.6. The third-order valence-electron chi connectivity index (χ3n) is 6.48. The van der Waals surface area contributed by atoms with Gasteiger partial charge in [0.2, 0.25) is 0 Å². The fraction of sp³-hybridized carbons (Fsp3) is 0.0769. The lowest BCUT2D eigenvalue weighted by Crippen LogP contribution is -2.59. The number of nitrogens with zero attached hydrogens (tertiary/aromatic N) is 2. The molecule has 0 radical (unpaired) electrons. The minimum absolute atomic E-state index is 0.312. The van der Waals surface area contributed by atoms with Crippen molar-refractivity contribution in [2.45, 2.75) is 12.8 Å². The lowest BCUT2D eigenvalue weighted by Gasteiger charge is -2.42. The molecule has 2 aromatic carbocycles. The van der Waals surface area contributed by atoms with Crippen molar-refractivity contribution >= 4 is 72.8 Å². The van der Waals surface area contributed by atoms with Gasteiger partial charge in [-0.15, -0.1) is 0 Å². The molecule has 2 aromatic heterocycles. The molecule has 0 fully saturated rings. The van der Waals surface area contributed by atoms with Gasteiger partial charge in [0.05, 0.1) is 11.4 Å². The van der Waals surface area contributed by atoms with Crippen molar-refractivity contribution in [3.05, 3.63) is 95.3 Å². The van der Waals surface area contributed by atoms with Gasteiger partial charge in [-0.1, -0.05) is 36.4 Å². The number of fused-ring (bicyclic) bond motifs is 4. The molecule has 4 heterocycles. The van der Waals surface area contributed by atoms with Crippen LogP contribution in [0.3, 0.4) is 0 Å². The number of thiophene rings is 2. The minimum atomic E-state index is 0.312. The molecule has 2 nitrogen and oxygen atoms in total. The van der Waals surface area contributed by atoms with E-state index >= 15 is 0 Å². The Bertz CT molecular complexity index is 1370. The zero-order chi connectivity index (χ0) is 20.4. The number of hydrogen-bond acceptors (Lipinski definition) is 4. The molecule has 1 aliphatic carbocycles. The van der Waals surface area contributed by atoms with Gasteiger partial charge in [-0.3, -0.25) is 0 Å². The van der Waals surface area contributed by atoms with E-state index < -0.39 is 0 Å². The van der Waals surface area contributed by atoms with Crippen LogP contribution in [0.15, 0.2) is 95.3 Å². The predicted molar refractivity (Wildman–Crippen MR) is 137 cm³/mol. The maximum atomic E-state index is 2.52. The van der Waals surface area contributed by atoms with Gasteiger partial charge < -0.3 is 9.80 Å². The molecule has 0 saturated heterocycles. The van der Waals surface area contributed by atoms with Crippen LogP contribution in [0.2, 0.25) is 0 Å². The second kappa shape index (κ2) is 6.74. The van der Waals surface area contributed by atoms with Crippen molar-refractivity contribution in [1.29, 1.82) is 0 Å². The molecule has 0 atom stereocenters. The first-order chi connectivity index (χ1) is 15.4. The quantitative estimate of drug-likeness (QED) is 0.324. The average Bonchev–Trinajstić information content (AvgIpc) is 3.50. The standard InChI is InChI=1S/C26H19BN2S2/c1-3-8-18(9-4-1)28-20-12-7-13-21-24(20)27(25-22(28)14-16-30-25)26-23(15-17-31-26)29(21)19-10-5-2-6-11-19/h1-5,7-10,12-17H,6,11H2. The normalized spacial score (nSPS) is 16.0. The van der Waals surface area contributed by atoms with Crippen molar-refractivity contribution in [1.82, 2.24) is 0 Å². The van der Waals surface area contributed by atoms with Crippen molar-refractivity contribution in [3.8, 4) is 0 Å². The van der Waals surface area contributed by atoms with E-state index in [1.165, 1.54) is 49.1 Å². The molecule has 0 unspecified atom stereocenters. The summed E-state index contributed by atoms with van der Waals surface area (Å²) >= 11 is 3.78. The van der Waals surface area contributed by atoms with Crippen molar-refractivity contribution in [2.24, 2.45) is 0 Å². The van der Waals surface area contributed by atoms with E-state index in [0.29, 0.717) is 6.71 Å². The molecule has 7 rings (SSSR count). The Kier molecular flexibility index (Phi) is 3.84. The van der Waals surface area contributed by atoms with E-state index in [4.69, 9.17) is 0 Å². The van der Waals surface area contributed by atoms with Crippen molar-refractivity contribution in [2.75, 3.05) is 9.80 Å². The smallest absolute Gasteiger partial charge is 0.277 e. The van der Waals surface area contributed by atoms with Crippen LogP contribution in [0, 0.1) is 0 Å². The molecule has 0 saturated carbocycles. The lowest BCUT2D eigenvalue weighted by atomic mass is 9.39. The molecule has 31 heavy (non-hydrogen) atoms. The second-order valence-electron chi connectivity index (χ2n) is 8.11. The summed E-state index contributed by atoms with van der Waals surface area (Å²) in [7, 11) is 0. The Morgan fingerprint density at radius 2 is 1.42 bits per heavy atom. The maximum absolute atomic E-state index is 2.52.